The minimum absolute atomic E-state index is 0.0257. The van der Waals surface area contributed by atoms with Crippen LogP contribution in [0.25, 0.3) is 0 Å². The average Bonchev–Trinajstić information content (AvgIpc) is 2.52. The Morgan fingerprint density at radius 2 is 2.04 bits per heavy atom. The van der Waals surface area contributed by atoms with E-state index in [1.165, 1.54) is 0 Å². The smallest absolute Gasteiger partial charge is 0.158 e. The van der Waals surface area contributed by atoms with Crippen LogP contribution in [0.15, 0.2) is 46.1 Å². The molecule has 0 fully saturated rings. The summed E-state index contributed by atoms with van der Waals surface area (Å²) >= 11 is 7.60. The van der Waals surface area contributed by atoms with Crippen molar-refractivity contribution in [2.24, 2.45) is 0 Å². The van der Waals surface area contributed by atoms with Gasteiger partial charge in [0.25, 0.3) is 0 Å². The lowest BCUT2D eigenvalue weighted by Gasteiger charge is -2.29. The summed E-state index contributed by atoms with van der Waals surface area (Å²) < 4.78 is 0. The number of rotatable bonds is 5. The van der Waals surface area contributed by atoms with E-state index in [0.29, 0.717) is 16.2 Å². The minimum Gasteiger partial charge on any atom is -0.353 e. The van der Waals surface area contributed by atoms with Gasteiger partial charge in [0.15, 0.2) is 5.78 Å². The largest absolute Gasteiger partial charge is 0.353 e. The third kappa shape index (κ3) is 3.80. The molecule has 0 saturated carbocycles. The van der Waals surface area contributed by atoms with Crippen LogP contribution in [0.5, 0.6) is 0 Å². The Balaban J connectivity index is 2.58. The summed E-state index contributed by atoms with van der Waals surface area (Å²) in [6.45, 7) is 5.53. The highest BCUT2D eigenvalue weighted by molar-refractivity contribution is 8.03. The number of hydrogen-bond donors (Lipinski definition) is 1. The number of nitrogens with zero attached hydrogens (tertiary/aromatic N) is 1. The van der Waals surface area contributed by atoms with Crippen LogP contribution in [0, 0.1) is 11.3 Å². The van der Waals surface area contributed by atoms with E-state index in [4.69, 9.17) is 11.6 Å². The molecule has 2 rings (SSSR count). The Kier molecular flexibility index (Phi) is 5.92. The number of nitriles is 1. The second-order valence-electron chi connectivity index (χ2n) is 5.41. The van der Waals surface area contributed by atoms with E-state index in [-0.39, 0.29) is 11.7 Å². The maximum Gasteiger partial charge on any atom is 0.158 e. The molecule has 1 aliphatic heterocycles. The van der Waals surface area contributed by atoms with Gasteiger partial charge in [0.05, 0.1) is 22.6 Å². The van der Waals surface area contributed by atoms with Gasteiger partial charge in [0.1, 0.15) is 0 Å². The van der Waals surface area contributed by atoms with Crippen molar-refractivity contribution < 1.29 is 4.79 Å². The molecule has 0 radical (unpaired) electrons. The Morgan fingerprint density at radius 3 is 2.57 bits per heavy atom. The van der Waals surface area contributed by atoms with Gasteiger partial charge in [-0.15, -0.1) is 11.8 Å². The third-order valence-corrected chi connectivity index (χ3v) is 5.16. The van der Waals surface area contributed by atoms with E-state index in [0.717, 1.165) is 28.5 Å². The van der Waals surface area contributed by atoms with Gasteiger partial charge in [0, 0.05) is 16.3 Å². The number of nitrogens with one attached hydrogen (secondary N) is 1. The van der Waals surface area contributed by atoms with Crippen molar-refractivity contribution >= 4 is 29.1 Å². The zero-order valence-corrected chi connectivity index (χ0v) is 15.0. The third-order valence-electron chi connectivity index (χ3n) is 3.68. The van der Waals surface area contributed by atoms with E-state index in [9.17, 15) is 10.1 Å². The first-order valence-electron chi connectivity index (χ1n) is 7.50. The van der Waals surface area contributed by atoms with Gasteiger partial charge in [-0.25, -0.2) is 0 Å². The number of benzene rings is 1. The fourth-order valence-electron chi connectivity index (χ4n) is 2.69. The van der Waals surface area contributed by atoms with Gasteiger partial charge in [-0.2, -0.15) is 5.26 Å². The molecule has 1 aromatic rings. The van der Waals surface area contributed by atoms with Crippen LogP contribution in [-0.2, 0) is 4.79 Å². The molecule has 23 heavy (non-hydrogen) atoms. The maximum atomic E-state index is 12.2. The predicted molar refractivity (Wildman–Crippen MR) is 96.1 cm³/mol. The summed E-state index contributed by atoms with van der Waals surface area (Å²) in [6, 6.07) is 9.66. The number of allylic oxidation sites excluding steroid dienone is 3. The van der Waals surface area contributed by atoms with Crippen molar-refractivity contribution in [2.75, 3.05) is 5.75 Å². The molecule has 120 valence electrons. The summed E-state index contributed by atoms with van der Waals surface area (Å²) in [5.41, 5.74) is 2.97. The maximum absolute atomic E-state index is 12.2. The van der Waals surface area contributed by atoms with E-state index in [1.807, 2.05) is 19.1 Å². The molecule has 1 aromatic carbocycles. The van der Waals surface area contributed by atoms with Gasteiger partial charge in [-0.1, -0.05) is 30.7 Å². The second kappa shape index (κ2) is 7.72. The van der Waals surface area contributed by atoms with Crippen LogP contribution in [0.4, 0.5) is 0 Å². The quantitative estimate of drug-likeness (QED) is 0.834. The number of halogens is 1. The first-order chi connectivity index (χ1) is 11.0. The first-order valence-corrected chi connectivity index (χ1v) is 8.87. The highest BCUT2D eigenvalue weighted by atomic mass is 35.5. The number of dihydropyridines is 1. The molecule has 0 amide bonds. The molecule has 0 aliphatic carbocycles. The minimum atomic E-state index is -0.338. The Labute approximate surface area is 146 Å². The van der Waals surface area contributed by atoms with Crippen molar-refractivity contribution in [1.82, 2.24) is 5.32 Å². The predicted octanol–water partition coefficient (Wildman–Crippen LogP) is 4.77. The van der Waals surface area contributed by atoms with Crippen molar-refractivity contribution in [2.45, 2.75) is 33.1 Å². The van der Waals surface area contributed by atoms with Gasteiger partial charge in [-0.05, 0) is 43.7 Å². The van der Waals surface area contributed by atoms with Crippen molar-refractivity contribution in [3.05, 3.63) is 56.7 Å². The Morgan fingerprint density at radius 1 is 1.39 bits per heavy atom. The summed E-state index contributed by atoms with van der Waals surface area (Å²) in [5.74, 6) is 0.557. The fourth-order valence-corrected chi connectivity index (χ4v) is 3.76. The molecule has 1 aliphatic rings. The van der Waals surface area contributed by atoms with Gasteiger partial charge in [-0.3, -0.25) is 4.79 Å². The van der Waals surface area contributed by atoms with Crippen LogP contribution in [0.3, 0.4) is 0 Å². The number of hydrogen-bond acceptors (Lipinski definition) is 4. The SMILES string of the molecule is CCCSC1=C(C#N)C(c2ccc(Cl)cc2)C(C(C)=O)=C(C)N1. The molecule has 1 atom stereocenters. The van der Waals surface area contributed by atoms with Crippen molar-refractivity contribution in [3.8, 4) is 6.07 Å². The number of Topliss-reactive ketones (excluding diaryl/α,β-unsaturated/α-hetero) is 1. The summed E-state index contributed by atoms with van der Waals surface area (Å²) in [6.07, 6.45) is 1.02. The fraction of sp³-hybridized carbons (Fsp3) is 0.333. The first kappa shape index (κ1) is 17.7. The second-order valence-corrected chi connectivity index (χ2v) is 6.95. The standard InChI is InChI=1S/C18H19ClN2OS/c1-4-9-23-18-15(10-20)17(13-5-7-14(19)8-6-13)16(12(3)22)11(2)21-18/h5-8,17,21H,4,9H2,1-3H3. The topological polar surface area (TPSA) is 52.9 Å². The van der Waals surface area contributed by atoms with E-state index >= 15 is 0 Å². The lowest BCUT2D eigenvalue weighted by molar-refractivity contribution is -0.113. The molecule has 5 heteroatoms. The molecular weight excluding hydrogens is 328 g/mol. The van der Waals surface area contributed by atoms with Gasteiger partial charge >= 0.3 is 0 Å². The van der Waals surface area contributed by atoms with Crippen molar-refractivity contribution in [3.63, 3.8) is 0 Å². The van der Waals surface area contributed by atoms with Crippen molar-refractivity contribution in [1.29, 1.82) is 5.26 Å². The van der Waals surface area contributed by atoms with Crippen LogP contribution in [0.1, 0.15) is 38.7 Å². The Bertz CT molecular complexity index is 714. The molecular formula is C18H19ClN2OS. The molecule has 1 N–H and O–H groups in total. The lowest BCUT2D eigenvalue weighted by atomic mass is 9.81. The average molecular weight is 347 g/mol. The number of carbonyl (C=O) groups excluding carboxylic acids is 1. The molecule has 1 heterocycles. The molecule has 1 unspecified atom stereocenters. The normalized spacial score (nSPS) is 17.8. The molecule has 0 bridgehead atoms. The lowest BCUT2D eigenvalue weighted by Crippen LogP contribution is -2.27. The summed E-state index contributed by atoms with van der Waals surface area (Å²) in [7, 11) is 0. The van der Waals surface area contributed by atoms with Crippen LogP contribution in [-0.4, -0.2) is 11.5 Å². The van der Waals surface area contributed by atoms with E-state index < -0.39 is 0 Å². The van der Waals surface area contributed by atoms with E-state index in [2.05, 4.69) is 18.3 Å². The molecule has 3 nitrogen and oxygen atoms in total. The van der Waals surface area contributed by atoms with Gasteiger partial charge < -0.3 is 5.32 Å². The number of ketones is 1. The Hall–Kier alpha value is -1.70. The monoisotopic (exact) mass is 346 g/mol. The van der Waals surface area contributed by atoms with Crippen LogP contribution in [0.2, 0.25) is 5.02 Å². The molecule has 0 aromatic heterocycles. The number of carbonyl (C=O) groups is 1. The number of thioether (sulfide) groups is 1. The van der Waals surface area contributed by atoms with Crippen LogP contribution >= 0.6 is 23.4 Å². The zero-order chi connectivity index (χ0) is 17.0. The van der Waals surface area contributed by atoms with E-state index in [1.54, 1.807) is 30.8 Å². The summed E-state index contributed by atoms with van der Waals surface area (Å²) in [4.78, 5) is 12.2. The molecule has 0 spiro atoms. The summed E-state index contributed by atoms with van der Waals surface area (Å²) in [5, 5.41) is 14.4. The molecule has 0 saturated heterocycles. The van der Waals surface area contributed by atoms with Crippen LogP contribution < -0.4 is 5.32 Å². The highest BCUT2D eigenvalue weighted by Gasteiger charge is 2.32. The highest BCUT2D eigenvalue weighted by Crippen LogP contribution is 2.41. The zero-order valence-electron chi connectivity index (χ0n) is 13.4. The van der Waals surface area contributed by atoms with Gasteiger partial charge in [0.2, 0.25) is 0 Å².